The number of aromatic nitrogens is 1. The van der Waals surface area contributed by atoms with Crippen molar-refractivity contribution in [3.8, 4) is 0 Å². The van der Waals surface area contributed by atoms with Crippen LogP contribution in [0.1, 0.15) is 11.5 Å². The highest BCUT2D eigenvalue weighted by Crippen LogP contribution is 2.15. The van der Waals surface area contributed by atoms with Gasteiger partial charge < -0.3 is 9.73 Å². The SMILES string of the molecule is O=C(C=Cc1nc2ccccc2o1)NCCS(=O)(=O)NCc1ccccc1. The Morgan fingerprint density at radius 3 is 2.59 bits per heavy atom. The van der Waals surface area contributed by atoms with E-state index >= 15 is 0 Å². The van der Waals surface area contributed by atoms with Crippen LogP contribution in [0.5, 0.6) is 0 Å². The summed E-state index contributed by atoms with van der Waals surface area (Å²) >= 11 is 0. The lowest BCUT2D eigenvalue weighted by Crippen LogP contribution is -2.33. The van der Waals surface area contributed by atoms with Gasteiger partial charge in [0.25, 0.3) is 0 Å². The first-order valence-electron chi connectivity index (χ1n) is 8.35. The fourth-order valence-corrected chi connectivity index (χ4v) is 3.24. The van der Waals surface area contributed by atoms with Crippen molar-refractivity contribution in [3.63, 3.8) is 0 Å². The summed E-state index contributed by atoms with van der Waals surface area (Å²) in [7, 11) is -3.48. The highest BCUT2D eigenvalue weighted by molar-refractivity contribution is 7.89. The average molecular weight is 385 g/mol. The van der Waals surface area contributed by atoms with Crippen LogP contribution in [0.2, 0.25) is 0 Å². The summed E-state index contributed by atoms with van der Waals surface area (Å²) in [4.78, 5) is 16.0. The molecule has 1 heterocycles. The van der Waals surface area contributed by atoms with Gasteiger partial charge in [-0.15, -0.1) is 0 Å². The minimum Gasteiger partial charge on any atom is -0.437 e. The molecule has 1 aromatic heterocycles. The van der Waals surface area contributed by atoms with Crippen molar-refractivity contribution < 1.29 is 17.6 Å². The molecule has 1 amide bonds. The first kappa shape index (κ1) is 18.8. The Morgan fingerprint density at radius 1 is 1.07 bits per heavy atom. The lowest BCUT2D eigenvalue weighted by molar-refractivity contribution is -0.116. The van der Waals surface area contributed by atoms with E-state index in [9.17, 15) is 13.2 Å². The minimum atomic E-state index is -3.48. The molecule has 0 aliphatic rings. The summed E-state index contributed by atoms with van der Waals surface area (Å²) < 4.78 is 31.9. The molecule has 0 spiro atoms. The van der Waals surface area contributed by atoms with Gasteiger partial charge in [0, 0.05) is 25.2 Å². The molecule has 27 heavy (non-hydrogen) atoms. The highest BCUT2D eigenvalue weighted by atomic mass is 32.2. The van der Waals surface area contributed by atoms with Crippen LogP contribution in [-0.4, -0.2) is 31.6 Å². The van der Waals surface area contributed by atoms with Crippen molar-refractivity contribution in [1.29, 1.82) is 0 Å². The summed E-state index contributed by atoms with van der Waals surface area (Å²) in [6, 6.07) is 16.5. The molecule has 0 saturated carbocycles. The van der Waals surface area contributed by atoms with Crippen molar-refractivity contribution in [1.82, 2.24) is 15.0 Å². The first-order chi connectivity index (χ1) is 13.0. The topological polar surface area (TPSA) is 101 Å². The number of sulfonamides is 1. The Labute approximate surface area is 157 Å². The summed E-state index contributed by atoms with van der Waals surface area (Å²) in [5, 5.41) is 2.53. The summed E-state index contributed by atoms with van der Waals surface area (Å²) in [6.45, 7) is 0.218. The number of fused-ring (bicyclic) bond motifs is 1. The van der Waals surface area contributed by atoms with Gasteiger partial charge in [-0.05, 0) is 17.7 Å². The number of benzene rings is 2. The Kier molecular flexibility index (Phi) is 6.00. The van der Waals surface area contributed by atoms with Gasteiger partial charge in [-0.1, -0.05) is 42.5 Å². The second-order valence-electron chi connectivity index (χ2n) is 5.77. The summed E-state index contributed by atoms with van der Waals surface area (Å²) in [5.41, 5.74) is 2.20. The quantitative estimate of drug-likeness (QED) is 0.578. The monoisotopic (exact) mass is 385 g/mol. The fourth-order valence-electron chi connectivity index (χ4n) is 2.34. The second-order valence-corrected chi connectivity index (χ2v) is 7.70. The molecular weight excluding hydrogens is 366 g/mol. The molecule has 2 N–H and O–H groups in total. The zero-order valence-electron chi connectivity index (χ0n) is 14.5. The molecular formula is C19H19N3O4S. The van der Waals surface area contributed by atoms with E-state index in [1.54, 1.807) is 6.07 Å². The molecule has 0 aliphatic heterocycles. The summed E-state index contributed by atoms with van der Waals surface area (Å²) in [5.74, 6) is -0.318. The van der Waals surface area contributed by atoms with E-state index in [1.165, 1.54) is 12.2 Å². The molecule has 140 valence electrons. The van der Waals surface area contributed by atoms with Crippen LogP contribution in [0.4, 0.5) is 0 Å². The molecule has 8 heteroatoms. The normalized spacial score (nSPS) is 11.9. The molecule has 3 rings (SSSR count). The zero-order valence-corrected chi connectivity index (χ0v) is 15.3. The molecule has 0 fully saturated rings. The lowest BCUT2D eigenvalue weighted by Gasteiger charge is -2.07. The van der Waals surface area contributed by atoms with Gasteiger partial charge in [0.15, 0.2) is 5.58 Å². The van der Waals surface area contributed by atoms with Gasteiger partial charge in [0.1, 0.15) is 5.52 Å². The smallest absolute Gasteiger partial charge is 0.244 e. The highest BCUT2D eigenvalue weighted by Gasteiger charge is 2.10. The van der Waals surface area contributed by atoms with Crippen molar-refractivity contribution in [2.75, 3.05) is 12.3 Å². The third-order valence-corrected chi connectivity index (χ3v) is 5.02. The van der Waals surface area contributed by atoms with E-state index in [0.29, 0.717) is 17.0 Å². The van der Waals surface area contributed by atoms with E-state index in [-0.39, 0.29) is 18.8 Å². The van der Waals surface area contributed by atoms with Crippen LogP contribution in [0.3, 0.4) is 0 Å². The van der Waals surface area contributed by atoms with E-state index in [4.69, 9.17) is 4.42 Å². The average Bonchev–Trinajstić information content (AvgIpc) is 3.09. The molecule has 0 unspecified atom stereocenters. The van der Waals surface area contributed by atoms with E-state index < -0.39 is 15.9 Å². The number of amides is 1. The number of hydrogen-bond acceptors (Lipinski definition) is 5. The number of nitrogens with one attached hydrogen (secondary N) is 2. The zero-order chi connectivity index (χ0) is 19.1. The molecule has 0 atom stereocenters. The maximum absolute atomic E-state index is 12.0. The molecule has 7 nitrogen and oxygen atoms in total. The van der Waals surface area contributed by atoms with Crippen LogP contribution < -0.4 is 10.0 Å². The Morgan fingerprint density at radius 2 is 1.81 bits per heavy atom. The Hall–Kier alpha value is -2.97. The lowest BCUT2D eigenvalue weighted by atomic mass is 10.2. The predicted molar refractivity (Wildman–Crippen MR) is 103 cm³/mol. The maximum atomic E-state index is 12.0. The third-order valence-electron chi connectivity index (χ3n) is 3.70. The van der Waals surface area contributed by atoms with Gasteiger partial charge in [-0.25, -0.2) is 18.1 Å². The first-order valence-corrected chi connectivity index (χ1v) is 10.00. The van der Waals surface area contributed by atoms with Gasteiger partial charge in [0.05, 0.1) is 5.75 Å². The van der Waals surface area contributed by atoms with Crippen LogP contribution >= 0.6 is 0 Å². The van der Waals surface area contributed by atoms with Crippen LogP contribution in [0.15, 0.2) is 65.1 Å². The van der Waals surface area contributed by atoms with Crippen LogP contribution in [0, 0.1) is 0 Å². The van der Waals surface area contributed by atoms with E-state index in [0.717, 1.165) is 5.56 Å². The molecule has 0 bridgehead atoms. The second kappa shape index (κ2) is 8.61. The largest absolute Gasteiger partial charge is 0.437 e. The van der Waals surface area contributed by atoms with Crippen LogP contribution in [-0.2, 0) is 21.4 Å². The molecule has 0 radical (unpaired) electrons. The van der Waals surface area contributed by atoms with E-state index in [2.05, 4.69) is 15.0 Å². The molecule has 2 aromatic carbocycles. The van der Waals surface area contributed by atoms with Gasteiger partial charge in [0.2, 0.25) is 21.8 Å². The van der Waals surface area contributed by atoms with Crippen molar-refractivity contribution in [2.24, 2.45) is 0 Å². The number of oxazole rings is 1. The van der Waals surface area contributed by atoms with E-state index in [1.807, 2.05) is 48.5 Å². The number of hydrogen-bond donors (Lipinski definition) is 2. The van der Waals surface area contributed by atoms with Gasteiger partial charge in [-0.2, -0.15) is 0 Å². The van der Waals surface area contributed by atoms with Crippen molar-refractivity contribution >= 4 is 33.1 Å². The standard InChI is InChI=1S/C19H19N3O4S/c23-18(10-11-19-22-16-8-4-5-9-17(16)26-19)20-12-13-27(24,25)21-14-15-6-2-1-3-7-15/h1-11,21H,12-14H2,(H,20,23). The molecule has 3 aromatic rings. The van der Waals surface area contributed by atoms with Crippen LogP contribution in [0.25, 0.3) is 17.2 Å². The molecule has 0 aliphatic carbocycles. The molecule has 0 saturated heterocycles. The Balaban J connectivity index is 1.44. The number of rotatable bonds is 8. The number of carbonyl (C=O) groups excluding carboxylic acids is 1. The maximum Gasteiger partial charge on any atom is 0.244 e. The third kappa shape index (κ3) is 5.77. The fraction of sp³-hybridized carbons (Fsp3) is 0.158. The van der Waals surface area contributed by atoms with Gasteiger partial charge in [-0.3, -0.25) is 4.79 Å². The Bertz CT molecular complexity index is 1010. The number of carbonyl (C=O) groups is 1. The number of para-hydroxylation sites is 2. The van der Waals surface area contributed by atoms with Gasteiger partial charge >= 0.3 is 0 Å². The minimum absolute atomic E-state index is 0.000848. The predicted octanol–water partition coefficient (Wildman–Crippen LogP) is 2.08. The van der Waals surface area contributed by atoms with Crippen molar-refractivity contribution in [2.45, 2.75) is 6.54 Å². The van der Waals surface area contributed by atoms with Crippen molar-refractivity contribution in [3.05, 3.63) is 72.1 Å². The number of nitrogens with zero attached hydrogens (tertiary/aromatic N) is 1. The summed E-state index contributed by atoms with van der Waals surface area (Å²) in [6.07, 6.45) is 2.70.